The van der Waals surface area contributed by atoms with Crippen molar-refractivity contribution in [1.82, 2.24) is 0 Å². The number of aliphatic carboxylic acids is 1. The molecule has 4 nitrogen and oxygen atoms in total. The molecular formula is C9H14O4. The van der Waals surface area contributed by atoms with Crippen molar-refractivity contribution in [2.75, 3.05) is 0 Å². The van der Waals surface area contributed by atoms with Crippen molar-refractivity contribution in [1.29, 1.82) is 0 Å². The van der Waals surface area contributed by atoms with Crippen LogP contribution in [0.25, 0.3) is 0 Å². The minimum atomic E-state index is -0.844. The maximum absolute atomic E-state index is 10.5. The summed E-state index contributed by atoms with van der Waals surface area (Å²) in [7, 11) is 0. The summed E-state index contributed by atoms with van der Waals surface area (Å²) in [5.41, 5.74) is 0. The molecule has 0 saturated carbocycles. The molecule has 1 heterocycles. The van der Waals surface area contributed by atoms with Crippen LogP contribution < -0.4 is 0 Å². The molecule has 0 aromatic heterocycles. The molecule has 1 fully saturated rings. The Morgan fingerprint density at radius 3 is 2.62 bits per heavy atom. The monoisotopic (exact) mass is 186 g/mol. The highest BCUT2D eigenvalue weighted by molar-refractivity contribution is 5.71. The van der Waals surface area contributed by atoms with Gasteiger partial charge in [0, 0.05) is 6.42 Å². The molecule has 0 aliphatic carbocycles. The number of carboxylic acid groups (broad SMARTS) is 1. The van der Waals surface area contributed by atoms with Crippen molar-refractivity contribution >= 4 is 5.97 Å². The van der Waals surface area contributed by atoms with Crippen LogP contribution in [-0.2, 0) is 14.6 Å². The van der Waals surface area contributed by atoms with E-state index in [0.717, 1.165) is 12.8 Å². The Balaban J connectivity index is 2.43. The Morgan fingerprint density at radius 1 is 1.62 bits per heavy atom. The van der Waals surface area contributed by atoms with Crippen LogP contribution in [0.2, 0.25) is 0 Å². The van der Waals surface area contributed by atoms with Crippen LogP contribution in [0, 0.1) is 5.92 Å². The number of carboxylic acids is 1. The van der Waals surface area contributed by atoms with Gasteiger partial charge in [-0.15, -0.1) is 0 Å². The van der Waals surface area contributed by atoms with Crippen molar-refractivity contribution in [2.24, 2.45) is 5.92 Å². The molecule has 13 heavy (non-hydrogen) atoms. The van der Waals surface area contributed by atoms with Gasteiger partial charge in [0.2, 0.25) is 0 Å². The highest BCUT2D eigenvalue weighted by atomic mass is 17.4. The average Bonchev–Trinajstić information content (AvgIpc) is 2.82. The fourth-order valence-electron chi connectivity index (χ4n) is 0.997. The number of carbonyl (C=O) groups is 1. The first kappa shape index (κ1) is 10.2. The van der Waals surface area contributed by atoms with Crippen LogP contribution >= 0.6 is 0 Å². The van der Waals surface area contributed by atoms with Crippen LogP contribution in [0.15, 0.2) is 12.2 Å². The van der Waals surface area contributed by atoms with E-state index in [0.29, 0.717) is 0 Å². The van der Waals surface area contributed by atoms with Crippen LogP contribution in [-0.4, -0.2) is 16.9 Å². The van der Waals surface area contributed by atoms with E-state index in [4.69, 9.17) is 14.9 Å². The predicted octanol–water partition coefficient (Wildman–Crippen LogP) is 1.72. The second kappa shape index (κ2) is 3.89. The van der Waals surface area contributed by atoms with E-state index < -0.39 is 17.7 Å². The van der Waals surface area contributed by atoms with Crippen LogP contribution in [0.3, 0.4) is 0 Å². The summed E-state index contributed by atoms with van der Waals surface area (Å²) in [4.78, 5) is 20.0. The lowest BCUT2D eigenvalue weighted by atomic mass is 10.1. The Bertz CT molecular complexity index is 218. The van der Waals surface area contributed by atoms with Crippen LogP contribution in [0.5, 0.6) is 0 Å². The van der Waals surface area contributed by atoms with Crippen molar-refractivity contribution in [2.45, 2.75) is 32.5 Å². The summed E-state index contributed by atoms with van der Waals surface area (Å²) in [6.07, 6.45) is 4.96. The molecule has 74 valence electrons. The van der Waals surface area contributed by atoms with E-state index in [2.05, 4.69) is 0 Å². The van der Waals surface area contributed by atoms with Gasteiger partial charge >= 0.3 is 5.97 Å². The molecule has 0 aromatic carbocycles. The molecule has 0 radical (unpaired) electrons. The number of hydrogen-bond donors (Lipinski definition) is 1. The molecule has 1 saturated heterocycles. The third-order valence-electron chi connectivity index (χ3n) is 1.92. The van der Waals surface area contributed by atoms with Crippen molar-refractivity contribution in [3.8, 4) is 0 Å². The Kier molecular flexibility index (Phi) is 3.06. The predicted molar refractivity (Wildman–Crippen MR) is 45.7 cm³/mol. The zero-order valence-electron chi connectivity index (χ0n) is 7.82. The quantitative estimate of drug-likeness (QED) is 0.403. The lowest BCUT2D eigenvalue weighted by Gasteiger charge is -2.00. The van der Waals surface area contributed by atoms with Crippen LogP contribution in [0.4, 0.5) is 0 Å². The van der Waals surface area contributed by atoms with E-state index in [1.165, 1.54) is 0 Å². The summed E-state index contributed by atoms with van der Waals surface area (Å²) in [6, 6.07) is 0. The second-order valence-electron chi connectivity index (χ2n) is 3.21. The highest BCUT2D eigenvalue weighted by Gasteiger charge is 2.45. The molecular weight excluding hydrogens is 172 g/mol. The minimum Gasteiger partial charge on any atom is -0.481 e. The summed E-state index contributed by atoms with van der Waals surface area (Å²) < 4.78 is 0. The zero-order chi connectivity index (χ0) is 9.90. The molecule has 1 rings (SSSR count). The molecule has 1 aliphatic heterocycles. The smallest absolute Gasteiger partial charge is 0.310 e. The Hall–Kier alpha value is -0.870. The number of rotatable bonds is 5. The molecule has 0 spiro atoms. The van der Waals surface area contributed by atoms with Gasteiger partial charge in [0.15, 0.2) is 0 Å². The van der Waals surface area contributed by atoms with Crippen molar-refractivity contribution in [3.63, 3.8) is 0 Å². The van der Waals surface area contributed by atoms with Crippen LogP contribution in [0.1, 0.15) is 26.7 Å². The Morgan fingerprint density at radius 2 is 2.23 bits per heavy atom. The van der Waals surface area contributed by atoms with Gasteiger partial charge in [-0.2, -0.15) is 9.78 Å². The van der Waals surface area contributed by atoms with Gasteiger partial charge in [0.1, 0.15) is 0 Å². The van der Waals surface area contributed by atoms with Gasteiger partial charge in [-0.1, -0.05) is 19.4 Å². The fourth-order valence-corrected chi connectivity index (χ4v) is 0.997. The van der Waals surface area contributed by atoms with E-state index in [1.807, 2.05) is 6.92 Å². The van der Waals surface area contributed by atoms with Crippen molar-refractivity contribution in [3.05, 3.63) is 12.2 Å². The van der Waals surface area contributed by atoms with Gasteiger partial charge in [0.25, 0.3) is 5.79 Å². The number of hydrogen-bond acceptors (Lipinski definition) is 3. The SMILES string of the molecule is CCCC1(C=CC(C)C(=O)O)OO1. The first-order valence-corrected chi connectivity index (χ1v) is 4.38. The van der Waals surface area contributed by atoms with Gasteiger partial charge in [-0.3, -0.25) is 4.79 Å². The summed E-state index contributed by atoms with van der Waals surface area (Å²) >= 11 is 0. The molecule has 1 aliphatic rings. The molecule has 1 unspecified atom stereocenters. The van der Waals surface area contributed by atoms with E-state index in [1.54, 1.807) is 19.1 Å². The molecule has 0 amide bonds. The molecule has 0 aromatic rings. The largest absolute Gasteiger partial charge is 0.481 e. The highest BCUT2D eigenvalue weighted by Crippen LogP contribution is 2.36. The van der Waals surface area contributed by atoms with Gasteiger partial charge in [0.05, 0.1) is 5.92 Å². The average molecular weight is 186 g/mol. The summed E-state index contributed by atoms with van der Waals surface area (Å²) in [5.74, 6) is -1.97. The van der Waals surface area contributed by atoms with Gasteiger partial charge in [-0.25, -0.2) is 0 Å². The molecule has 1 N–H and O–H groups in total. The second-order valence-corrected chi connectivity index (χ2v) is 3.21. The topological polar surface area (TPSA) is 62.4 Å². The van der Waals surface area contributed by atoms with E-state index in [9.17, 15) is 4.79 Å². The summed E-state index contributed by atoms with van der Waals surface area (Å²) in [5, 5.41) is 8.60. The van der Waals surface area contributed by atoms with Gasteiger partial charge in [-0.05, 0) is 13.0 Å². The first-order chi connectivity index (χ1) is 6.09. The minimum absolute atomic E-state index is 0.499. The van der Waals surface area contributed by atoms with Crippen molar-refractivity contribution < 1.29 is 19.7 Å². The first-order valence-electron chi connectivity index (χ1n) is 4.38. The zero-order valence-corrected chi connectivity index (χ0v) is 7.82. The third-order valence-corrected chi connectivity index (χ3v) is 1.92. The molecule has 1 atom stereocenters. The maximum Gasteiger partial charge on any atom is 0.310 e. The lowest BCUT2D eigenvalue weighted by molar-refractivity contribution is -0.139. The Labute approximate surface area is 77.1 Å². The maximum atomic E-state index is 10.5. The van der Waals surface area contributed by atoms with E-state index in [-0.39, 0.29) is 0 Å². The third kappa shape index (κ3) is 2.82. The fraction of sp³-hybridized carbons (Fsp3) is 0.667. The standard InChI is InChI=1S/C9H14O4/c1-3-5-9(12-13-9)6-4-7(2)8(10)11/h4,6-7H,3,5H2,1-2H3,(H,10,11). The normalized spacial score (nSPS) is 21.7. The van der Waals surface area contributed by atoms with Gasteiger partial charge < -0.3 is 5.11 Å². The molecule has 0 bridgehead atoms. The van der Waals surface area contributed by atoms with E-state index >= 15 is 0 Å². The lowest BCUT2D eigenvalue weighted by Crippen LogP contribution is -2.10. The molecule has 4 heteroatoms. The summed E-state index contributed by atoms with van der Waals surface area (Å²) in [6.45, 7) is 3.63.